The average molecular weight is 388 g/mol. The predicted octanol–water partition coefficient (Wildman–Crippen LogP) is 5.32. The van der Waals surface area contributed by atoms with E-state index in [1.807, 2.05) is 54.8 Å². The molecule has 2 aromatic carbocycles. The van der Waals surface area contributed by atoms with E-state index in [1.54, 1.807) is 14.2 Å². The van der Waals surface area contributed by atoms with E-state index in [2.05, 4.69) is 15.5 Å². The summed E-state index contributed by atoms with van der Waals surface area (Å²) in [6.07, 6.45) is 0. The van der Waals surface area contributed by atoms with Crippen LogP contribution < -0.4 is 14.9 Å². The first kappa shape index (κ1) is 18.2. The van der Waals surface area contributed by atoms with Crippen LogP contribution in [-0.4, -0.2) is 24.9 Å². The second-order valence-electron chi connectivity index (χ2n) is 5.42. The second kappa shape index (κ2) is 8.21. The number of thiazole rings is 1. The van der Waals surface area contributed by atoms with Crippen molar-refractivity contribution < 1.29 is 9.47 Å². The topological polar surface area (TPSA) is 55.7 Å². The maximum absolute atomic E-state index is 5.91. The maximum Gasteiger partial charge on any atom is 0.203 e. The number of methoxy groups -OCH3 is 2. The highest BCUT2D eigenvalue weighted by molar-refractivity contribution is 7.14. The molecule has 0 aliphatic carbocycles. The molecule has 1 aromatic heterocycles. The number of hydrogen-bond acceptors (Lipinski definition) is 6. The molecule has 0 fully saturated rings. The van der Waals surface area contributed by atoms with Crippen molar-refractivity contribution in [3.63, 3.8) is 0 Å². The molecule has 0 aliphatic heterocycles. The largest absolute Gasteiger partial charge is 0.497 e. The number of nitrogens with zero attached hydrogens (tertiary/aromatic N) is 2. The summed E-state index contributed by atoms with van der Waals surface area (Å²) in [6, 6.07) is 13.2. The molecule has 26 heavy (non-hydrogen) atoms. The van der Waals surface area contributed by atoms with Crippen LogP contribution in [0, 0.1) is 0 Å². The number of rotatable bonds is 6. The molecular weight excluding hydrogens is 370 g/mol. The van der Waals surface area contributed by atoms with Crippen molar-refractivity contribution in [2.24, 2.45) is 5.10 Å². The predicted molar refractivity (Wildman–Crippen MR) is 108 cm³/mol. The highest BCUT2D eigenvalue weighted by Crippen LogP contribution is 2.35. The van der Waals surface area contributed by atoms with Gasteiger partial charge in [0.1, 0.15) is 11.5 Å². The number of nitrogens with one attached hydrogen (secondary N) is 1. The molecule has 3 aromatic rings. The minimum atomic E-state index is 0.693. The van der Waals surface area contributed by atoms with Crippen molar-refractivity contribution in [3.8, 4) is 22.8 Å². The zero-order valence-electron chi connectivity index (χ0n) is 14.6. The lowest BCUT2D eigenvalue weighted by Crippen LogP contribution is -1.99. The van der Waals surface area contributed by atoms with Crippen molar-refractivity contribution in [3.05, 3.63) is 58.4 Å². The van der Waals surface area contributed by atoms with Gasteiger partial charge in [0, 0.05) is 16.0 Å². The molecule has 0 saturated heterocycles. The third-order valence-electron chi connectivity index (χ3n) is 3.77. The molecule has 0 aliphatic rings. The lowest BCUT2D eigenvalue weighted by molar-refractivity contribution is 0.404. The standard InChI is InChI=1S/C19H18ClN3O2S/c1-12(13-4-6-14(20)7-5-13)22-23-19-21-17(11-26-19)16-10-15(24-2)8-9-18(16)25-3/h4-11H,1-3H3,(H,21,23)/b22-12-. The van der Waals surface area contributed by atoms with Crippen LogP contribution >= 0.6 is 22.9 Å². The molecule has 0 spiro atoms. The number of benzene rings is 2. The van der Waals surface area contributed by atoms with Crippen molar-refractivity contribution in [2.45, 2.75) is 6.92 Å². The summed E-state index contributed by atoms with van der Waals surface area (Å²) in [7, 11) is 3.27. The molecule has 0 unspecified atom stereocenters. The van der Waals surface area contributed by atoms with Crippen molar-refractivity contribution in [2.75, 3.05) is 19.6 Å². The summed E-state index contributed by atoms with van der Waals surface area (Å²) in [6.45, 7) is 1.93. The minimum Gasteiger partial charge on any atom is -0.497 e. The van der Waals surface area contributed by atoms with Crippen LogP contribution in [0.5, 0.6) is 11.5 Å². The summed E-state index contributed by atoms with van der Waals surface area (Å²) < 4.78 is 10.7. The first-order valence-corrected chi connectivity index (χ1v) is 9.10. The van der Waals surface area contributed by atoms with Crippen molar-refractivity contribution in [1.82, 2.24) is 4.98 Å². The van der Waals surface area contributed by atoms with Crippen LogP contribution in [0.15, 0.2) is 52.9 Å². The third kappa shape index (κ3) is 4.15. The van der Waals surface area contributed by atoms with Gasteiger partial charge in [-0.3, -0.25) is 5.43 Å². The molecule has 1 heterocycles. The van der Waals surface area contributed by atoms with Gasteiger partial charge < -0.3 is 9.47 Å². The lowest BCUT2D eigenvalue weighted by atomic mass is 10.1. The Hall–Kier alpha value is -2.57. The zero-order valence-corrected chi connectivity index (χ0v) is 16.2. The molecule has 0 amide bonds. The first-order chi connectivity index (χ1) is 12.6. The average Bonchev–Trinajstić information content (AvgIpc) is 3.15. The fourth-order valence-electron chi connectivity index (χ4n) is 2.35. The molecule has 0 atom stereocenters. The number of hydrogen-bond donors (Lipinski definition) is 1. The normalized spacial score (nSPS) is 11.3. The number of anilines is 1. The van der Waals surface area contributed by atoms with Gasteiger partial charge in [-0.05, 0) is 42.8 Å². The summed E-state index contributed by atoms with van der Waals surface area (Å²) in [5.74, 6) is 1.49. The molecule has 134 valence electrons. The van der Waals surface area contributed by atoms with Gasteiger partial charge in [-0.15, -0.1) is 11.3 Å². The van der Waals surface area contributed by atoms with Gasteiger partial charge in [0.2, 0.25) is 5.13 Å². The van der Waals surface area contributed by atoms with Crippen molar-refractivity contribution >= 4 is 33.8 Å². The van der Waals surface area contributed by atoms with E-state index < -0.39 is 0 Å². The van der Waals surface area contributed by atoms with E-state index in [0.29, 0.717) is 10.2 Å². The van der Waals surface area contributed by atoms with Gasteiger partial charge in [-0.25, -0.2) is 4.98 Å². The second-order valence-corrected chi connectivity index (χ2v) is 6.71. The molecule has 0 radical (unpaired) electrons. The van der Waals surface area contributed by atoms with Crippen LogP contribution in [-0.2, 0) is 0 Å². The Morgan fingerprint density at radius 3 is 2.58 bits per heavy atom. The van der Waals surface area contributed by atoms with E-state index in [9.17, 15) is 0 Å². The summed E-state index contributed by atoms with van der Waals surface area (Å²) in [5.41, 5.74) is 6.51. The Balaban J connectivity index is 1.80. The van der Waals surface area contributed by atoms with Gasteiger partial charge in [0.05, 0.1) is 25.6 Å². The molecule has 7 heteroatoms. The van der Waals surface area contributed by atoms with Gasteiger partial charge in [-0.1, -0.05) is 23.7 Å². The van der Waals surface area contributed by atoms with Crippen LogP contribution in [0.4, 0.5) is 5.13 Å². The summed E-state index contributed by atoms with van der Waals surface area (Å²) >= 11 is 7.38. The van der Waals surface area contributed by atoms with Crippen molar-refractivity contribution in [1.29, 1.82) is 0 Å². The summed E-state index contributed by atoms with van der Waals surface area (Å²) in [5, 5.41) is 7.74. The fourth-order valence-corrected chi connectivity index (χ4v) is 3.13. The molecule has 3 rings (SSSR count). The Bertz CT molecular complexity index is 923. The van der Waals surface area contributed by atoms with Crippen LogP contribution in [0.2, 0.25) is 5.02 Å². The van der Waals surface area contributed by atoms with Crippen LogP contribution in [0.1, 0.15) is 12.5 Å². The zero-order chi connectivity index (χ0) is 18.5. The molecular formula is C19H18ClN3O2S. The van der Waals surface area contributed by atoms with Crippen LogP contribution in [0.3, 0.4) is 0 Å². The highest BCUT2D eigenvalue weighted by Gasteiger charge is 2.11. The first-order valence-electron chi connectivity index (χ1n) is 7.85. The van der Waals surface area contributed by atoms with Gasteiger partial charge in [0.15, 0.2) is 0 Å². The quantitative estimate of drug-likeness (QED) is 0.459. The number of ether oxygens (including phenoxy) is 2. The monoisotopic (exact) mass is 387 g/mol. The van der Waals surface area contributed by atoms with Crippen LogP contribution in [0.25, 0.3) is 11.3 Å². The Labute approximate surface area is 161 Å². The Kier molecular flexibility index (Phi) is 5.75. The van der Waals surface area contributed by atoms with E-state index in [1.165, 1.54) is 11.3 Å². The summed E-state index contributed by atoms with van der Waals surface area (Å²) in [4.78, 5) is 4.59. The minimum absolute atomic E-state index is 0.693. The van der Waals surface area contributed by atoms with Gasteiger partial charge in [-0.2, -0.15) is 5.10 Å². The molecule has 0 saturated carbocycles. The number of aromatic nitrogens is 1. The van der Waals surface area contributed by atoms with Gasteiger partial charge in [0.25, 0.3) is 0 Å². The highest BCUT2D eigenvalue weighted by atomic mass is 35.5. The van der Waals surface area contributed by atoms with E-state index in [4.69, 9.17) is 21.1 Å². The van der Waals surface area contributed by atoms with E-state index >= 15 is 0 Å². The smallest absolute Gasteiger partial charge is 0.203 e. The van der Waals surface area contributed by atoms with E-state index in [0.717, 1.165) is 34.0 Å². The van der Waals surface area contributed by atoms with E-state index in [-0.39, 0.29) is 0 Å². The molecule has 0 bridgehead atoms. The lowest BCUT2D eigenvalue weighted by Gasteiger charge is -2.08. The Morgan fingerprint density at radius 1 is 1.12 bits per heavy atom. The Morgan fingerprint density at radius 2 is 1.88 bits per heavy atom. The maximum atomic E-state index is 5.91. The SMILES string of the molecule is COc1ccc(OC)c(-c2csc(N/N=C(/C)c3ccc(Cl)cc3)n2)c1. The van der Waals surface area contributed by atoms with Gasteiger partial charge >= 0.3 is 0 Å². The molecule has 5 nitrogen and oxygen atoms in total. The fraction of sp³-hybridized carbons (Fsp3) is 0.158. The molecule has 1 N–H and O–H groups in total. The number of halogens is 1. The number of hydrazone groups is 1. The third-order valence-corrected chi connectivity index (χ3v) is 4.77.